The van der Waals surface area contributed by atoms with Gasteiger partial charge in [0.05, 0.1) is 0 Å². The van der Waals surface area contributed by atoms with Crippen LogP contribution in [0.1, 0.15) is 25.0 Å². The van der Waals surface area contributed by atoms with Crippen molar-refractivity contribution in [3.05, 3.63) is 69.5 Å². The second-order valence-electron chi connectivity index (χ2n) is 5.90. The minimum absolute atomic E-state index is 0.0107. The lowest BCUT2D eigenvalue weighted by Crippen LogP contribution is -2.30. The molecule has 2 aromatic rings. The smallest absolute Gasteiger partial charge is 0.262 e. The normalized spacial score (nSPS) is 11.2. The minimum atomic E-state index is -0.438. The summed E-state index contributed by atoms with van der Waals surface area (Å²) in [4.78, 5) is 12.1. The number of rotatable bonds is 6. The highest BCUT2D eigenvalue weighted by atomic mass is 79.9. The molecule has 0 fully saturated rings. The van der Waals surface area contributed by atoms with Gasteiger partial charge in [0.15, 0.2) is 0 Å². The van der Waals surface area contributed by atoms with Crippen molar-refractivity contribution in [3.63, 3.8) is 0 Å². The lowest BCUT2D eigenvalue weighted by Gasteiger charge is -2.11. The third-order valence-electron chi connectivity index (χ3n) is 3.36. The minimum Gasteiger partial charge on any atom is -0.488 e. The fourth-order valence-electron chi connectivity index (χ4n) is 2.15. The monoisotopic (exact) mass is 416 g/mol. The molecule has 0 saturated carbocycles. The zero-order valence-electron chi connectivity index (χ0n) is 14.4. The van der Waals surface area contributed by atoms with E-state index >= 15 is 0 Å². The van der Waals surface area contributed by atoms with E-state index in [1.54, 1.807) is 30.3 Å². The molecule has 0 aliphatic carbocycles. The fraction of sp³-hybridized carbons (Fsp3) is 0.200. The van der Waals surface area contributed by atoms with Gasteiger partial charge in [-0.05, 0) is 55.8 Å². The predicted octanol–water partition coefficient (Wildman–Crippen LogP) is 4.60. The van der Waals surface area contributed by atoms with Crippen molar-refractivity contribution in [2.24, 2.45) is 0 Å². The molecule has 2 aromatic carbocycles. The number of nitrogens with zero attached hydrogens (tertiary/aromatic N) is 1. The first-order valence-corrected chi connectivity index (χ1v) is 8.78. The third-order valence-corrected chi connectivity index (χ3v) is 3.86. The fourth-order valence-corrected chi connectivity index (χ4v) is 2.53. The van der Waals surface area contributed by atoms with Crippen molar-refractivity contribution in [1.82, 2.24) is 5.32 Å². The average Bonchev–Trinajstić information content (AvgIpc) is 2.59. The van der Waals surface area contributed by atoms with Crippen molar-refractivity contribution in [3.8, 4) is 11.8 Å². The van der Waals surface area contributed by atoms with Crippen LogP contribution in [0.2, 0.25) is 0 Å². The number of nitriles is 1. The Kier molecular flexibility index (Phi) is 6.93. The van der Waals surface area contributed by atoms with Gasteiger partial charge < -0.3 is 10.1 Å². The van der Waals surface area contributed by atoms with E-state index in [9.17, 15) is 14.4 Å². The summed E-state index contributed by atoms with van der Waals surface area (Å²) < 4.78 is 19.6. The van der Waals surface area contributed by atoms with Crippen LogP contribution in [0.4, 0.5) is 4.39 Å². The van der Waals surface area contributed by atoms with E-state index in [0.717, 1.165) is 10.0 Å². The Morgan fingerprint density at radius 1 is 1.31 bits per heavy atom. The molecular weight excluding hydrogens is 399 g/mol. The van der Waals surface area contributed by atoms with Crippen molar-refractivity contribution >= 4 is 27.9 Å². The lowest BCUT2D eigenvalue weighted by molar-refractivity contribution is -0.117. The first kappa shape index (κ1) is 19.7. The standard InChI is InChI=1S/C20H18BrFN2O2/c1-13(2)24-20(25)16(11-23)9-15-10-17(21)5-8-19(15)26-12-14-3-6-18(22)7-4-14/h3-10,13H,12H2,1-2H3,(H,24,25)/b16-9+. The molecule has 0 radical (unpaired) electrons. The van der Waals surface area contributed by atoms with Crippen LogP contribution >= 0.6 is 15.9 Å². The largest absolute Gasteiger partial charge is 0.488 e. The zero-order chi connectivity index (χ0) is 19.1. The molecule has 0 heterocycles. The molecule has 0 bridgehead atoms. The molecule has 0 aromatic heterocycles. The predicted molar refractivity (Wildman–Crippen MR) is 102 cm³/mol. The Labute approximate surface area is 160 Å². The molecule has 0 aliphatic heterocycles. The SMILES string of the molecule is CC(C)NC(=O)/C(C#N)=C/c1cc(Br)ccc1OCc1ccc(F)cc1. The van der Waals surface area contributed by atoms with Crippen LogP contribution < -0.4 is 10.1 Å². The van der Waals surface area contributed by atoms with Gasteiger partial charge in [-0.15, -0.1) is 0 Å². The molecule has 1 N–H and O–H groups in total. The number of hydrogen-bond donors (Lipinski definition) is 1. The number of ether oxygens (including phenoxy) is 1. The van der Waals surface area contributed by atoms with Crippen LogP contribution in [0.25, 0.3) is 6.08 Å². The van der Waals surface area contributed by atoms with Gasteiger partial charge >= 0.3 is 0 Å². The van der Waals surface area contributed by atoms with Gasteiger partial charge in [0, 0.05) is 16.1 Å². The van der Waals surface area contributed by atoms with Crippen molar-refractivity contribution in [2.45, 2.75) is 26.5 Å². The van der Waals surface area contributed by atoms with Crippen molar-refractivity contribution in [1.29, 1.82) is 5.26 Å². The van der Waals surface area contributed by atoms with Gasteiger partial charge in [-0.1, -0.05) is 28.1 Å². The van der Waals surface area contributed by atoms with E-state index in [-0.39, 0.29) is 24.0 Å². The number of hydrogen-bond acceptors (Lipinski definition) is 3. The van der Waals surface area contributed by atoms with Crippen molar-refractivity contribution in [2.75, 3.05) is 0 Å². The lowest BCUT2D eigenvalue weighted by atomic mass is 10.1. The molecule has 0 unspecified atom stereocenters. The second kappa shape index (κ2) is 9.16. The Bertz CT molecular complexity index is 855. The summed E-state index contributed by atoms with van der Waals surface area (Å²) in [6, 6.07) is 13.2. The van der Waals surface area contributed by atoms with Crippen molar-refractivity contribution < 1.29 is 13.9 Å². The Morgan fingerprint density at radius 2 is 2.00 bits per heavy atom. The van der Waals surface area contributed by atoms with Crippen LogP contribution in [0, 0.1) is 17.1 Å². The number of amides is 1. The van der Waals surface area contributed by atoms with E-state index in [1.807, 2.05) is 19.9 Å². The molecule has 1 amide bonds. The highest BCUT2D eigenvalue weighted by Crippen LogP contribution is 2.26. The second-order valence-corrected chi connectivity index (χ2v) is 6.81. The van der Waals surface area contributed by atoms with Gasteiger partial charge in [-0.2, -0.15) is 5.26 Å². The molecule has 0 aliphatic rings. The number of nitrogens with one attached hydrogen (secondary N) is 1. The maximum Gasteiger partial charge on any atom is 0.262 e. The molecule has 0 atom stereocenters. The number of benzene rings is 2. The first-order chi connectivity index (χ1) is 12.4. The van der Waals surface area contributed by atoms with Crippen LogP contribution in [0.15, 0.2) is 52.5 Å². The quantitative estimate of drug-likeness (QED) is 0.552. The molecule has 4 nitrogen and oxygen atoms in total. The molecule has 6 heteroatoms. The van der Waals surface area contributed by atoms with Crippen LogP contribution in [0.3, 0.4) is 0 Å². The third kappa shape index (κ3) is 5.71. The van der Waals surface area contributed by atoms with E-state index in [1.165, 1.54) is 18.2 Å². The zero-order valence-corrected chi connectivity index (χ0v) is 16.0. The molecular formula is C20H18BrFN2O2. The number of carbonyl (C=O) groups excluding carboxylic acids is 1. The summed E-state index contributed by atoms with van der Waals surface area (Å²) in [7, 11) is 0. The molecule has 134 valence electrons. The first-order valence-electron chi connectivity index (χ1n) is 7.98. The summed E-state index contributed by atoms with van der Waals surface area (Å²) in [5, 5.41) is 12.0. The summed E-state index contributed by atoms with van der Waals surface area (Å²) in [6.07, 6.45) is 1.49. The van der Waals surface area contributed by atoms with Gasteiger partial charge in [-0.3, -0.25) is 4.79 Å². The highest BCUT2D eigenvalue weighted by molar-refractivity contribution is 9.10. The molecule has 26 heavy (non-hydrogen) atoms. The highest BCUT2D eigenvalue weighted by Gasteiger charge is 2.12. The average molecular weight is 417 g/mol. The molecule has 0 spiro atoms. The van der Waals surface area contributed by atoms with E-state index in [4.69, 9.17) is 4.74 Å². The van der Waals surface area contributed by atoms with E-state index in [0.29, 0.717) is 11.3 Å². The summed E-state index contributed by atoms with van der Waals surface area (Å²) in [6.45, 7) is 3.88. The Balaban J connectivity index is 2.26. The molecule has 2 rings (SSSR count). The maximum absolute atomic E-state index is 13.0. The van der Waals surface area contributed by atoms with Crippen LogP contribution in [-0.4, -0.2) is 11.9 Å². The van der Waals surface area contributed by atoms with Gasteiger partial charge in [0.2, 0.25) is 0 Å². The Hall–Kier alpha value is -2.65. The number of halogens is 2. The van der Waals surface area contributed by atoms with Gasteiger partial charge in [-0.25, -0.2) is 4.39 Å². The van der Waals surface area contributed by atoms with Crippen LogP contribution in [0.5, 0.6) is 5.75 Å². The summed E-state index contributed by atoms with van der Waals surface area (Å²) in [5.74, 6) is -0.231. The Morgan fingerprint density at radius 3 is 2.62 bits per heavy atom. The maximum atomic E-state index is 13.0. The topological polar surface area (TPSA) is 62.1 Å². The van der Waals surface area contributed by atoms with Crippen LogP contribution in [-0.2, 0) is 11.4 Å². The van der Waals surface area contributed by atoms with Gasteiger partial charge in [0.25, 0.3) is 5.91 Å². The summed E-state index contributed by atoms with van der Waals surface area (Å²) >= 11 is 3.38. The summed E-state index contributed by atoms with van der Waals surface area (Å²) in [5.41, 5.74) is 1.39. The van der Waals surface area contributed by atoms with Gasteiger partial charge in [0.1, 0.15) is 29.8 Å². The van der Waals surface area contributed by atoms with E-state index in [2.05, 4.69) is 21.2 Å². The number of carbonyl (C=O) groups is 1. The van der Waals surface area contributed by atoms with E-state index < -0.39 is 5.91 Å². The molecule has 0 saturated heterocycles.